The fourth-order valence-corrected chi connectivity index (χ4v) is 1.81. The third kappa shape index (κ3) is 3.01. The van der Waals surface area contributed by atoms with Crippen molar-refractivity contribution in [2.75, 3.05) is 5.73 Å². The van der Waals surface area contributed by atoms with Gasteiger partial charge in [-0.2, -0.15) is 5.26 Å². The molecule has 0 bridgehead atoms. The van der Waals surface area contributed by atoms with E-state index in [1.807, 2.05) is 6.07 Å². The van der Waals surface area contributed by atoms with Crippen LogP contribution in [0.3, 0.4) is 0 Å². The highest BCUT2D eigenvalue weighted by atomic mass is 19.4. The van der Waals surface area contributed by atoms with Gasteiger partial charge in [0.25, 0.3) is 0 Å². The van der Waals surface area contributed by atoms with Crippen LogP contribution in [0, 0.1) is 11.3 Å². The highest BCUT2D eigenvalue weighted by Gasteiger charge is 2.31. The number of hydrogen-bond donors (Lipinski definition) is 1. The van der Waals surface area contributed by atoms with Crippen molar-refractivity contribution < 1.29 is 17.9 Å². The molecule has 2 rings (SSSR count). The van der Waals surface area contributed by atoms with Gasteiger partial charge in [0, 0.05) is 11.3 Å². The number of halogens is 3. The van der Waals surface area contributed by atoms with Crippen LogP contribution in [0.25, 0.3) is 11.1 Å². The molecular weight excluding hydrogens is 269 g/mol. The van der Waals surface area contributed by atoms with E-state index in [1.165, 1.54) is 24.3 Å². The zero-order valence-corrected chi connectivity index (χ0v) is 10.1. The van der Waals surface area contributed by atoms with Crippen molar-refractivity contribution in [1.29, 1.82) is 5.26 Å². The summed E-state index contributed by atoms with van der Waals surface area (Å²) in [5, 5.41) is 9.03. The Balaban J connectivity index is 2.39. The molecule has 2 N–H and O–H groups in total. The van der Waals surface area contributed by atoms with Crippen LogP contribution in [0.4, 0.5) is 18.9 Å². The number of alkyl halides is 3. The molecule has 0 aromatic heterocycles. The van der Waals surface area contributed by atoms with E-state index in [0.717, 1.165) is 0 Å². The van der Waals surface area contributed by atoms with Gasteiger partial charge in [-0.1, -0.05) is 18.2 Å². The van der Waals surface area contributed by atoms with E-state index in [2.05, 4.69) is 4.74 Å². The van der Waals surface area contributed by atoms with Crippen molar-refractivity contribution in [3.05, 3.63) is 48.0 Å². The first-order valence-corrected chi connectivity index (χ1v) is 5.55. The fourth-order valence-electron chi connectivity index (χ4n) is 1.81. The van der Waals surface area contributed by atoms with E-state index in [1.54, 1.807) is 18.2 Å². The van der Waals surface area contributed by atoms with Crippen LogP contribution in [0.15, 0.2) is 42.5 Å². The molecule has 0 spiro atoms. The van der Waals surface area contributed by atoms with Gasteiger partial charge in [0.05, 0.1) is 11.6 Å². The van der Waals surface area contributed by atoms with Crippen molar-refractivity contribution in [1.82, 2.24) is 0 Å². The number of ether oxygens (including phenoxy) is 1. The Kier molecular flexibility index (Phi) is 3.53. The number of nitrogen functional groups attached to an aromatic ring is 1. The minimum Gasteiger partial charge on any atom is -0.406 e. The Labute approximate surface area is 113 Å². The van der Waals surface area contributed by atoms with Crippen molar-refractivity contribution in [2.45, 2.75) is 6.36 Å². The Bertz CT molecular complexity index is 658. The maximum atomic E-state index is 12.1. The monoisotopic (exact) mass is 278 g/mol. The molecule has 0 aliphatic carbocycles. The highest BCUT2D eigenvalue weighted by molar-refractivity contribution is 5.81. The summed E-state index contributed by atoms with van der Waals surface area (Å²) >= 11 is 0. The summed E-state index contributed by atoms with van der Waals surface area (Å²) in [5.74, 6) is -0.325. The van der Waals surface area contributed by atoms with Crippen LogP contribution in [0.5, 0.6) is 5.75 Å². The predicted molar refractivity (Wildman–Crippen MR) is 67.7 cm³/mol. The minimum atomic E-state index is -4.73. The third-order valence-electron chi connectivity index (χ3n) is 2.59. The van der Waals surface area contributed by atoms with Crippen LogP contribution >= 0.6 is 0 Å². The molecule has 6 heteroatoms. The summed E-state index contributed by atoms with van der Waals surface area (Å²) < 4.78 is 40.0. The first-order valence-electron chi connectivity index (χ1n) is 5.55. The Hall–Kier alpha value is -2.68. The lowest BCUT2D eigenvalue weighted by atomic mass is 9.98. The second kappa shape index (κ2) is 5.13. The Morgan fingerprint density at radius 2 is 1.70 bits per heavy atom. The molecule has 0 atom stereocenters. The summed E-state index contributed by atoms with van der Waals surface area (Å²) in [6.45, 7) is 0. The maximum Gasteiger partial charge on any atom is 0.573 e. The molecule has 0 saturated heterocycles. The zero-order chi connectivity index (χ0) is 14.8. The molecule has 0 fully saturated rings. The van der Waals surface area contributed by atoms with Crippen molar-refractivity contribution in [3.8, 4) is 22.9 Å². The van der Waals surface area contributed by atoms with Gasteiger partial charge in [-0.3, -0.25) is 0 Å². The number of nitriles is 1. The third-order valence-corrected chi connectivity index (χ3v) is 2.59. The van der Waals surface area contributed by atoms with Gasteiger partial charge < -0.3 is 10.5 Å². The normalized spacial score (nSPS) is 10.9. The molecule has 0 saturated carbocycles. The smallest absolute Gasteiger partial charge is 0.406 e. The molecule has 0 aliphatic heterocycles. The summed E-state index contributed by atoms with van der Waals surface area (Å²) in [6.07, 6.45) is -4.73. The molecule has 0 unspecified atom stereocenters. The zero-order valence-electron chi connectivity index (χ0n) is 10.1. The van der Waals surface area contributed by atoms with Crippen LogP contribution in [0.2, 0.25) is 0 Å². The lowest BCUT2D eigenvalue weighted by molar-refractivity contribution is -0.274. The lowest BCUT2D eigenvalue weighted by Gasteiger charge is -2.11. The summed E-state index contributed by atoms with van der Waals surface area (Å²) in [4.78, 5) is 0. The van der Waals surface area contributed by atoms with Crippen LogP contribution in [-0.2, 0) is 0 Å². The topological polar surface area (TPSA) is 59.0 Å². The second-order valence-corrected chi connectivity index (χ2v) is 3.95. The van der Waals surface area contributed by atoms with Gasteiger partial charge in [-0.15, -0.1) is 13.2 Å². The van der Waals surface area contributed by atoms with Crippen LogP contribution < -0.4 is 10.5 Å². The molecule has 0 amide bonds. The first kappa shape index (κ1) is 13.7. The summed E-state index contributed by atoms with van der Waals surface area (Å²) in [5.41, 5.74) is 7.59. The molecule has 2 aromatic rings. The van der Waals surface area contributed by atoms with Crippen LogP contribution in [-0.4, -0.2) is 6.36 Å². The lowest BCUT2D eigenvalue weighted by Crippen LogP contribution is -2.16. The number of nitrogens with zero attached hydrogens (tertiary/aromatic N) is 1. The van der Waals surface area contributed by atoms with Crippen LogP contribution in [0.1, 0.15) is 5.56 Å². The molecule has 20 heavy (non-hydrogen) atoms. The molecule has 0 radical (unpaired) electrons. The first-order chi connectivity index (χ1) is 9.40. The second-order valence-electron chi connectivity index (χ2n) is 3.95. The highest BCUT2D eigenvalue weighted by Crippen LogP contribution is 2.31. The average molecular weight is 278 g/mol. The van der Waals surface area contributed by atoms with E-state index >= 15 is 0 Å². The van der Waals surface area contributed by atoms with E-state index in [-0.39, 0.29) is 5.75 Å². The number of rotatable bonds is 2. The van der Waals surface area contributed by atoms with Gasteiger partial charge in [0.2, 0.25) is 0 Å². The van der Waals surface area contributed by atoms with E-state index in [9.17, 15) is 13.2 Å². The SMILES string of the molecule is N#Cc1cccc(N)c1-c1ccc(OC(F)(F)F)cc1. The van der Waals surface area contributed by atoms with E-state index < -0.39 is 6.36 Å². The molecule has 0 heterocycles. The summed E-state index contributed by atoms with van der Waals surface area (Å²) in [6, 6.07) is 12.0. The van der Waals surface area contributed by atoms with Gasteiger partial charge in [0.1, 0.15) is 5.75 Å². The van der Waals surface area contributed by atoms with Gasteiger partial charge in [-0.25, -0.2) is 0 Å². The molecule has 2 aromatic carbocycles. The Morgan fingerprint density at radius 3 is 2.25 bits per heavy atom. The molecular formula is C14H9F3N2O. The largest absolute Gasteiger partial charge is 0.573 e. The van der Waals surface area contributed by atoms with E-state index in [4.69, 9.17) is 11.0 Å². The van der Waals surface area contributed by atoms with E-state index in [0.29, 0.717) is 22.4 Å². The van der Waals surface area contributed by atoms with Crippen molar-refractivity contribution in [2.24, 2.45) is 0 Å². The number of benzene rings is 2. The van der Waals surface area contributed by atoms with Crippen molar-refractivity contribution >= 4 is 5.69 Å². The summed E-state index contributed by atoms with van der Waals surface area (Å²) in [7, 11) is 0. The fraction of sp³-hybridized carbons (Fsp3) is 0.0714. The maximum absolute atomic E-state index is 12.1. The standard InChI is InChI=1S/C14H9F3N2O/c15-14(16,17)20-11-6-4-9(5-7-11)13-10(8-18)2-1-3-12(13)19/h1-7H,19H2. The number of hydrogen-bond acceptors (Lipinski definition) is 3. The Morgan fingerprint density at radius 1 is 1.05 bits per heavy atom. The minimum absolute atomic E-state index is 0.325. The van der Waals surface area contributed by atoms with Gasteiger partial charge in [-0.05, 0) is 29.8 Å². The average Bonchev–Trinajstić information content (AvgIpc) is 2.38. The molecule has 0 aliphatic rings. The number of anilines is 1. The molecule has 102 valence electrons. The number of nitrogens with two attached hydrogens (primary N) is 1. The van der Waals surface area contributed by atoms with Gasteiger partial charge in [0.15, 0.2) is 0 Å². The van der Waals surface area contributed by atoms with Gasteiger partial charge >= 0.3 is 6.36 Å². The quantitative estimate of drug-likeness (QED) is 0.852. The van der Waals surface area contributed by atoms with Crippen molar-refractivity contribution in [3.63, 3.8) is 0 Å². The molecule has 3 nitrogen and oxygen atoms in total. The predicted octanol–water partition coefficient (Wildman–Crippen LogP) is 3.71.